The molecule has 1 fully saturated rings. The van der Waals surface area contributed by atoms with E-state index in [1.54, 1.807) is 36.4 Å². The fraction of sp³-hybridized carbons (Fsp3) is 0.375. The third-order valence-corrected chi connectivity index (χ3v) is 5.26. The maximum Gasteiger partial charge on any atom is 0.215 e. The van der Waals surface area contributed by atoms with Crippen LogP contribution in [0.3, 0.4) is 0 Å². The second-order valence-corrected chi connectivity index (χ2v) is 7.55. The van der Waals surface area contributed by atoms with E-state index in [9.17, 15) is 13.5 Å². The molecule has 1 saturated carbocycles. The van der Waals surface area contributed by atoms with Crippen LogP contribution >= 0.6 is 0 Å². The van der Waals surface area contributed by atoms with Crippen LogP contribution in [0.1, 0.15) is 24.2 Å². The number of benzene rings is 1. The lowest BCUT2D eigenvalue weighted by atomic mass is 9.95. The predicted molar refractivity (Wildman–Crippen MR) is 82.4 cm³/mol. The Kier molecular flexibility index (Phi) is 4.08. The van der Waals surface area contributed by atoms with Gasteiger partial charge in [0.25, 0.3) is 0 Å². The van der Waals surface area contributed by atoms with Crippen LogP contribution in [0.4, 0.5) is 0 Å². The molecule has 2 N–H and O–H groups in total. The van der Waals surface area contributed by atoms with Crippen LogP contribution in [-0.4, -0.2) is 20.1 Å². The molecule has 1 unspecified atom stereocenters. The molecule has 2 aromatic rings. The van der Waals surface area contributed by atoms with E-state index < -0.39 is 15.6 Å². The van der Waals surface area contributed by atoms with Gasteiger partial charge in [0.1, 0.15) is 11.4 Å². The zero-order valence-corrected chi connectivity index (χ0v) is 12.9. The highest BCUT2D eigenvalue weighted by Gasteiger charge is 2.47. The number of furan rings is 1. The van der Waals surface area contributed by atoms with E-state index in [1.807, 2.05) is 6.07 Å². The van der Waals surface area contributed by atoms with E-state index in [4.69, 9.17) is 4.42 Å². The third kappa shape index (κ3) is 3.40. The molecule has 3 rings (SSSR count). The Hall–Kier alpha value is -1.63. The van der Waals surface area contributed by atoms with Crippen molar-refractivity contribution < 1.29 is 17.9 Å². The molecule has 118 valence electrons. The first-order chi connectivity index (χ1) is 10.5. The third-order valence-electron chi connectivity index (χ3n) is 3.96. The number of sulfonamides is 1. The highest BCUT2D eigenvalue weighted by Crippen LogP contribution is 2.45. The average molecular weight is 321 g/mol. The van der Waals surface area contributed by atoms with Gasteiger partial charge in [-0.25, -0.2) is 13.1 Å². The van der Waals surface area contributed by atoms with E-state index in [0.29, 0.717) is 11.3 Å². The Labute approximate surface area is 130 Å². The lowest BCUT2D eigenvalue weighted by Gasteiger charge is -2.26. The molecule has 1 aliphatic rings. The molecule has 0 bridgehead atoms. The quantitative estimate of drug-likeness (QED) is 0.817. The molecule has 0 amide bonds. The molecule has 22 heavy (non-hydrogen) atoms. The van der Waals surface area contributed by atoms with E-state index in [1.165, 1.54) is 6.26 Å². The Balaban J connectivity index is 1.70. The zero-order valence-electron chi connectivity index (χ0n) is 12.1. The minimum absolute atomic E-state index is 0.0399. The topological polar surface area (TPSA) is 79.5 Å². The van der Waals surface area contributed by atoms with Crippen LogP contribution < -0.4 is 4.72 Å². The van der Waals surface area contributed by atoms with Gasteiger partial charge in [0.2, 0.25) is 10.0 Å². The largest absolute Gasteiger partial charge is 0.466 e. The van der Waals surface area contributed by atoms with Crippen LogP contribution in [0.15, 0.2) is 53.1 Å². The van der Waals surface area contributed by atoms with Crippen molar-refractivity contribution in [2.24, 2.45) is 5.92 Å². The smallest absolute Gasteiger partial charge is 0.215 e. The lowest BCUT2D eigenvalue weighted by Crippen LogP contribution is -2.42. The van der Waals surface area contributed by atoms with Gasteiger partial charge < -0.3 is 9.52 Å². The number of rotatable bonds is 7. The van der Waals surface area contributed by atoms with Crippen LogP contribution in [-0.2, 0) is 21.4 Å². The molecule has 0 spiro atoms. The molecule has 1 aliphatic carbocycles. The normalized spacial score (nSPS) is 18.0. The monoisotopic (exact) mass is 321 g/mol. The second-order valence-electron chi connectivity index (χ2n) is 5.74. The van der Waals surface area contributed by atoms with Crippen molar-refractivity contribution in [3.63, 3.8) is 0 Å². The summed E-state index contributed by atoms with van der Waals surface area (Å²) in [5.41, 5.74) is -0.560. The van der Waals surface area contributed by atoms with Crippen LogP contribution in [0.5, 0.6) is 0 Å². The highest BCUT2D eigenvalue weighted by atomic mass is 32.2. The minimum Gasteiger partial charge on any atom is -0.466 e. The van der Waals surface area contributed by atoms with Crippen molar-refractivity contribution in [3.8, 4) is 0 Å². The minimum atomic E-state index is -3.52. The summed E-state index contributed by atoms with van der Waals surface area (Å²) in [5.74, 6) is 0.350. The molecule has 0 aliphatic heterocycles. The van der Waals surface area contributed by atoms with Crippen molar-refractivity contribution in [1.29, 1.82) is 0 Å². The Bertz CT molecular complexity index is 708. The van der Waals surface area contributed by atoms with Gasteiger partial charge in [-0.2, -0.15) is 0 Å². The number of nitrogens with one attached hydrogen (secondary N) is 1. The lowest BCUT2D eigenvalue weighted by molar-refractivity contribution is -0.00225. The fourth-order valence-corrected chi connectivity index (χ4v) is 3.76. The highest BCUT2D eigenvalue weighted by molar-refractivity contribution is 7.88. The van der Waals surface area contributed by atoms with E-state index in [2.05, 4.69) is 4.72 Å². The van der Waals surface area contributed by atoms with E-state index >= 15 is 0 Å². The first kappa shape index (κ1) is 15.3. The zero-order chi connectivity index (χ0) is 15.6. The van der Waals surface area contributed by atoms with Gasteiger partial charge in [-0.3, -0.25) is 0 Å². The summed E-state index contributed by atoms with van der Waals surface area (Å²) in [6, 6.07) is 12.3. The van der Waals surface area contributed by atoms with Crippen molar-refractivity contribution in [1.82, 2.24) is 4.72 Å². The molecule has 1 atom stereocenters. The molecule has 6 heteroatoms. The molecule has 0 radical (unpaired) electrons. The van der Waals surface area contributed by atoms with Gasteiger partial charge in [0.15, 0.2) is 0 Å². The number of aliphatic hydroxyl groups is 1. The summed E-state index contributed by atoms with van der Waals surface area (Å²) in [7, 11) is -3.52. The second kappa shape index (κ2) is 5.87. The first-order valence-electron chi connectivity index (χ1n) is 7.27. The molecular weight excluding hydrogens is 302 g/mol. The van der Waals surface area contributed by atoms with E-state index in [0.717, 1.165) is 12.8 Å². The van der Waals surface area contributed by atoms with Crippen LogP contribution in [0, 0.1) is 5.92 Å². The van der Waals surface area contributed by atoms with Crippen LogP contribution in [0.2, 0.25) is 0 Å². The number of hydrogen-bond donors (Lipinski definition) is 2. The maximum absolute atomic E-state index is 12.2. The van der Waals surface area contributed by atoms with E-state index in [-0.39, 0.29) is 18.2 Å². The van der Waals surface area contributed by atoms with Gasteiger partial charge >= 0.3 is 0 Å². The standard InChI is InChI=1S/C16H19NO4S/c18-16(14-8-9-14,15-7-4-10-21-15)12-17-22(19,20)11-13-5-2-1-3-6-13/h1-7,10,14,17-18H,8-9,11-12H2. The van der Waals surface area contributed by atoms with Gasteiger partial charge in [-0.15, -0.1) is 0 Å². The summed E-state index contributed by atoms with van der Waals surface area (Å²) < 4.78 is 32.2. The number of hydrogen-bond acceptors (Lipinski definition) is 4. The van der Waals surface area contributed by atoms with Crippen molar-refractivity contribution in [2.45, 2.75) is 24.2 Å². The maximum atomic E-state index is 12.2. The fourth-order valence-electron chi connectivity index (χ4n) is 2.58. The van der Waals surface area contributed by atoms with Crippen molar-refractivity contribution in [2.75, 3.05) is 6.54 Å². The van der Waals surface area contributed by atoms with Gasteiger partial charge in [-0.1, -0.05) is 30.3 Å². The van der Waals surface area contributed by atoms with Crippen LogP contribution in [0.25, 0.3) is 0 Å². The van der Waals surface area contributed by atoms with Gasteiger partial charge in [-0.05, 0) is 36.5 Å². The predicted octanol–water partition coefficient (Wildman–Crippen LogP) is 2.00. The summed E-state index contributed by atoms with van der Waals surface area (Å²) in [4.78, 5) is 0. The molecule has 0 saturated heterocycles. The SMILES string of the molecule is O=S(=O)(Cc1ccccc1)NCC(O)(c1ccco1)C1CC1. The molecule has 5 nitrogen and oxygen atoms in total. The van der Waals surface area contributed by atoms with Gasteiger partial charge in [0.05, 0.1) is 12.0 Å². The summed E-state index contributed by atoms with van der Waals surface area (Å²) in [5, 5.41) is 10.8. The van der Waals surface area contributed by atoms with Crippen molar-refractivity contribution in [3.05, 3.63) is 60.1 Å². The first-order valence-corrected chi connectivity index (χ1v) is 8.92. The molecule has 1 aromatic heterocycles. The molecule has 1 aromatic carbocycles. The summed E-state index contributed by atoms with van der Waals surface area (Å²) in [6.07, 6.45) is 3.23. The van der Waals surface area contributed by atoms with Gasteiger partial charge in [0, 0.05) is 6.54 Å². The Morgan fingerprint density at radius 2 is 1.91 bits per heavy atom. The molecule has 1 heterocycles. The summed E-state index contributed by atoms with van der Waals surface area (Å²) in [6.45, 7) is -0.0691. The summed E-state index contributed by atoms with van der Waals surface area (Å²) >= 11 is 0. The Morgan fingerprint density at radius 1 is 1.18 bits per heavy atom. The Morgan fingerprint density at radius 3 is 2.50 bits per heavy atom. The average Bonchev–Trinajstić information content (AvgIpc) is 3.21. The molecular formula is C16H19NO4S. The van der Waals surface area contributed by atoms with Crippen molar-refractivity contribution >= 4 is 10.0 Å².